The molecule has 1 aliphatic heterocycles. The van der Waals surface area contributed by atoms with Crippen LogP contribution in [0, 0.1) is 15.9 Å². The fourth-order valence-corrected chi connectivity index (χ4v) is 5.28. The highest BCUT2D eigenvalue weighted by Gasteiger charge is 2.22. The van der Waals surface area contributed by atoms with Gasteiger partial charge in [0.1, 0.15) is 5.82 Å². The zero-order valence-corrected chi connectivity index (χ0v) is 22.5. The molecular formula is C32H29FN4O4. The number of nitro groups is 1. The number of hydrogen-bond donors (Lipinski definition) is 2. The molecule has 9 heteroatoms. The van der Waals surface area contributed by atoms with Crippen LogP contribution in [0.5, 0.6) is 0 Å². The molecule has 208 valence electrons. The van der Waals surface area contributed by atoms with Crippen LogP contribution < -0.4 is 16.0 Å². The number of fused-ring (bicyclic) bond motifs is 1. The Balaban J connectivity index is 1.34. The number of nitrogens with zero attached hydrogens (tertiary/aromatic N) is 2. The van der Waals surface area contributed by atoms with Crippen LogP contribution in [0.25, 0.3) is 11.1 Å². The summed E-state index contributed by atoms with van der Waals surface area (Å²) in [7, 11) is 0. The molecule has 0 saturated heterocycles. The van der Waals surface area contributed by atoms with E-state index in [1.807, 2.05) is 19.1 Å². The van der Waals surface area contributed by atoms with Crippen molar-refractivity contribution in [3.8, 4) is 11.1 Å². The minimum absolute atomic E-state index is 0.00592. The second-order valence-corrected chi connectivity index (χ2v) is 10.1. The first kappa shape index (κ1) is 27.5. The zero-order valence-electron chi connectivity index (χ0n) is 22.5. The fraction of sp³-hybridized carbons (Fsp3) is 0.188. The smallest absolute Gasteiger partial charge is 0.269 e. The van der Waals surface area contributed by atoms with Crippen molar-refractivity contribution in [1.82, 2.24) is 5.32 Å². The first-order valence-electron chi connectivity index (χ1n) is 13.3. The summed E-state index contributed by atoms with van der Waals surface area (Å²) in [6, 6.07) is 23.2. The first-order chi connectivity index (χ1) is 19.7. The number of primary amides is 1. The molecule has 1 atom stereocenters. The lowest BCUT2D eigenvalue weighted by molar-refractivity contribution is -0.384. The lowest BCUT2D eigenvalue weighted by Crippen LogP contribution is -2.30. The maximum absolute atomic E-state index is 15.8. The van der Waals surface area contributed by atoms with E-state index >= 15 is 4.39 Å². The van der Waals surface area contributed by atoms with E-state index in [0.717, 1.165) is 36.2 Å². The van der Waals surface area contributed by atoms with Crippen molar-refractivity contribution >= 4 is 23.2 Å². The summed E-state index contributed by atoms with van der Waals surface area (Å²) in [5.41, 5.74) is 10.3. The molecule has 3 N–H and O–H groups in total. The van der Waals surface area contributed by atoms with Crippen molar-refractivity contribution in [2.45, 2.75) is 32.4 Å². The fourth-order valence-electron chi connectivity index (χ4n) is 5.28. The molecule has 0 unspecified atom stereocenters. The number of hydrogen-bond acceptors (Lipinski definition) is 5. The van der Waals surface area contributed by atoms with Gasteiger partial charge < -0.3 is 16.0 Å². The minimum atomic E-state index is -0.614. The van der Waals surface area contributed by atoms with Crippen molar-refractivity contribution in [2.24, 2.45) is 5.73 Å². The van der Waals surface area contributed by atoms with Gasteiger partial charge in [-0.25, -0.2) is 4.39 Å². The van der Waals surface area contributed by atoms with Crippen molar-refractivity contribution < 1.29 is 18.9 Å². The molecule has 0 bridgehead atoms. The topological polar surface area (TPSA) is 119 Å². The first-order valence-corrected chi connectivity index (χ1v) is 13.3. The minimum Gasteiger partial charge on any atom is -0.367 e. The van der Waals surface area contributed by atoms with Gasteiger partial charge in [-0.05, 0) is 60.7 Å². The third-order valence-corrected chi connectivity index (χ3v) is 7.43. The Hall–Kier alpha value is -5.05. The molecule has 1 aliphatic rings. The Labute approximate surface area is 236 Å². The van der Waals surface area contributed by atoms with Gasteiger partial charge in [0, 0.05) is 53.2 Å². The normalized spacial score (nSPS) is 13.3. The summed E-state index contributed by atoms with van der Waals surface area (Å²) >= 11 is 0. The van der Waals surface area contributed by atoms with E-state index in [1.54, 1.807) is 60.7 Å². The maximum Gasteiger partial charge on any atom is 0.269 e. The summed E-state index contributed by atoms with van der Waals surface area (Å²) in [6.45, 7) is 2.88. The largest absolute Gasteiger partial charge is 0.367 e. The van der Waals surface area contributed by atoms with Gasteiger partial charge in [0.25, 0.3) is 11.6 Å². The van der Waals surface area contributed by atoms with Crippen LogP contribution in [0.2, 0.25) is 0 Å². The van der Waals surface area contributed by atoms with Gasteiger partial charge in [-0.15, -0.1) is 0 Å². The van der Waals surface area contributed by atoms with E-state index in [4.69, 9.17) is 5.73 Å². The molecule has 41 heavy (non-hydrogen) atoms. The Morgan fingerprint density at radius 1 is 1.02 bits per heavy atom. The molecule has 1 heterocycles. The van der Waals surface area contributed by atoms with Gasteiger partial charge >= 0.3 is 0 Å². The van der Waals surface area contributed by atoms with Gasteiger partial charge in [0.05, 0.1) is 11.0 Å². The average molecular weight is 553 g/mol. The van der Waals surface area contributed by atoms with Gasteiger partial charge in [-0.2, -0.15) is 0 Å². The monoisotopic (exact) mass is 552 g/mol. The van der Waals surface area contributed by atoms with Crippen LogP contribution in [-0.4, -0.2) is 23.3 Å². The van der Waals surface area contributed by atoms with Crippen LogP contribution in [0.15, 0.2) is 84.9 Å². The van der Waals surface area contributed by atoms with E-state index < -0.39 is 16.6 Å². The van der Waals surface area contributed by atoms with Gasteiger partial charge in [0.2, 0.25) is 5.91 Å². The summed E-state index contributed by atoms with van der Waals surface area (Å²) in [5.74, 6) is -1.26. The van der Waals surface area contributed by atoms with Crippen molar-refractivity contribution in [3.63, 3.8) is 0 Å². The van der Waals surface area contributed by atoms with E-state index in [-0.39, 0.29) is 23.2 Å². The molecule has 0 aliphatic carbocycles. The number of carbonyl (C=O) groups excluding carboxylic acids is 2. The number of rotatable bonds is 8. The van der Waals surface area contributed by atoms with Crippen LogP contribution in [0.1, 0.15) is 56.8 Å². The van der Waals surface area contributed by atoms with Gasteiger partial charge in [-0.3, -0.25) is 19.7 Å². The van der Waals surface area contributed by atoms with E-state index in [9.17, 15) is 19.7 Å². The second kappa shape index (κ2) is 11.6. The number of non-ortho nitro benzene ring substituents is 1. The highest BCUT2D eigenvalue weighted by atomic mass is 19.1. The third kappa shape index (κ3) is 5.79. The predicted molar refractivity (Wildman–Crippen MR) is 155 cm³/mol. The summed E-state index contributed by atoms with van der Waals surface area (Å²) in [4.78, 5) is 37.5. The molecule has 0 radical (unpaired) electrons. The average Bonchev–Trinajstić information content (AvgIpc) is 2.98. The molecule has 0 fully saturated rings. The summed E-state index contributed by atoms with van der Waals surface area (Å²) in [5, 5.41) is 13.9. The quantitative estimate of drug-likeness (QED) is 0.207. The van der Waals surface area contributed by atoms with Crippen LogP contribution in [0.3, 0.4) is 0 Å². The summed E-state index contributed by atoms with van der Waals surface area (Å²) in [6.07, 6.45) is 1.64. The molecule has 2 amide bonds. The van der Waals surface area contributed by atoms with Crippen LogP contribution >= 0.6 is 0 Å². The molecule has 8 nitrogen and oxygen atoms in total. The van der Waals surface area contributed by atoms with Crippen LogP contribution in [-0.2, 0) is 13.0 Å². The molecule has 4 aromatic rings. The highest BCUT2D eigenvalue weighted by molar-refractivity contribution is 6.00. The van der Waals surface area contributed by atoms with Crippen LogP contribution in [0.4, 0.5) is 15.8 Å². The zero-order chi connectivity index (χ0) is 29.1. The number of amides is 2. The Morgan fingerprint density at radius 3 is 2.49 bits per heavy atom. The molecular weight excluding hydrogens is 523 g/mol. The molecule has 0 aromatic heterocycles. The lowest BCUT2D eigenvalue weighted by Gasteiger charge is -2.32. The number of nitrogens with one attached hydrogen (secondary N) is 1. The number of anilines is 1. The molecule has 0 spiro atoms. The Kier molecular flexibility index (Phi) is 7.78. The number of aryl methyl sites for hydroxylation is 1. The van der Waals surface area contributed by atoms with Crippen molar-refractivity contribution in [2.75, 3.05) is 11.4 Å². The number of halogens is 1. The molecule has 0 saturated carbocycles. The predicted octanol–water partition coefficient (Wildman–Crippen LogP) is 5.94. The maximum atomic E-state index is 15.8. The van der Waals surface area contributed by atoms with E-state index in [2.05, 4.69) is 10.2 Å². The van der Waals surface area contributed by atoms with Crippen molar-refractivity contribution in [1.29, 1.82) is 0 Å². The molecule has 4 aromatic carbocycles. The van der Waals surface area contributed by atoms with Gasteiger partial charge in [-0.1, -0.05) is 48.5 Å². The van der Waals surface area contributed by atoms with E-state index in [1.165, 1.54) is 12.1 Å². The number of benzene rings is 4. The second-order valence-electron chi connectivity index (χ2n) is 10.1. The number of carbonyl (C=O) groups is 2. The van der Waals surface area contributed by atoms with Crippen molar-refractivity contribution in [3.05, 3.63) is 129 Å². The third-order valence-electron chi connectivity index (χ3n) is 7.43. The van der Waals surface area contributed by atoms with Gasteiger partial charge in [0.15, 0.2) is 0 Å². The number of nitro benzene ring substituents is 1. The Bertz CT molecular complexity index is 1640. The number of nitrogens with two attached hydrogens (primary N) is 1. The summed E-state index contributed by atoms with van der Waals surface area (Å²) < 4.78 is 15.8. The lowest BCUT2D eigenvalue weighted by atomic mass is 9.95. The SMILES string of the molecule is C[C@H](NC(=O)c1ccc2c(c1)CCCN2Cc1cccc(-c2ccccc2C(N)=O)c1F)c1ccc([N+](=O)[O-])cc1. The highest BCUT2D eigenvalue weighted by Crippen LogP contribution is 2.33. The molecule has 5 rings (SSSR count). The standard InChI is InChI=1S/C32H29FN4O4/c1-20(21-11-14-25(15-12-21)37(40)41)35-32(39)23-13-16-29-22(18-23)7-5-17-36(29)19-24-6-4-10-27(30(24)33)26-8-2-3-9-28(26)31(34)38/h2-4,6,8-16,18,20H,5,7,17,19H2,1H3,(H2,34,38)(H,35,39)/t20-/m0/s1. The Morgan fingerprint density at radius 2 is 1.76 bits per heavy atom. The van der Waals surface area contributed by atoms with E-state index in [0.29, 0.717) is 28.8 Å².